The molecule has 0 fully saturated rings. The zero-order valence-electron chi connectivity index (χ0n) is 16.3. The molecule has 0 saturated heterocycles. The summed E-state index contributed by atoms with van der Waals surface area (Å²) in [6.45, 7) is 7.31. The summed E-state index contributed by atoms with van der Waals surface area (Å²) in [7, 11) is 0. The molecule has 0 aliphatic heterocycles. The molecule has 0 amide bonds. The van der Waals surface area contributed by atoms with Crippen LogP contribution >= 0.6 is 35.3 Å². The maximum absolute atomic E-state index is 4.69. The molecule has 2 heterocycles. The molecule has 0 unspecified atom stereocenters. The SMILES string of the molecule is CCNC(=NCc1ccc(Cn2ccnc2)cc1)NCCc1ncc(C)s1.I. The first kappa shape index (κ1) is 22.4. The van der Waals surface area contributed by atoms with Gasteiger partial charge >= 0.3 is 0 Å². The summed E-state index contributed by atoms with van der Waals surface area (Å²) in [4.78, 5) is 14.4. The number of benzene rings is 1. The second-order valence-electron chi connectivity index (χ2n) is 6.29. The molecule has 0 radical (unpaired) electrons. The van der Waals surface area contributed by atoms with Crippen LogP contribution in [0, 0.1) is 6.92 Å². The molecule has 0 bridgehead atoms. The van der Waals surface area contributed by atoms with Crippen LogP contribution in [0.5, 0.6) is 0 Å². The van der Waals surface area contributed by atoms with Crippen molar-refractivity contribution in [3.05, 3.63) is 70.2 Å². The van der Waals surface area contributed by atoms with Gasteiger partial charge in [0.1, 0.15) is 0 Å². The number of aryl methyl sites for hydroxylation is 1. The van der Waals surface area contributed by atoms with Gasteiger partial charge < -0.3 is 15.2 Å². The van der Waals surface area contributed by atoms with Gasteiger partial charge in [0.25, 0.3) is 0 Å². The summed E-state index contributed by atoms with van der Waals surface area (Å²) in [5.41, 5.74) is 2.45. The van der Waals surface area contributed by atoms with Crippen molar-refractivity contribution < 1.29 is 0 Å². The van der Waals surface area contributed by atoms with Crippen molar-refractivity contribution in [3.63, 3.8) is 0 Å². The highest BCUT2D eigenvalue weighted by Crippen LogP contribution is 2.11. The average molecular weight is 510 g/mol. The number of rotatable bonds is 8. The van der Waals surface area contributed by atoms with E-state index in [4.69, 9.17) is 0 Å². The van der Waals surface area contributed by atoms with Crippen LogP contribution in [-0.4, -0.2) is 33.6 Å². The number of nitrogens with zero attached hydrogens (tertiary/aromatic N) is 4. The largest absolute Gasteiger partial charge is 0.357 e. The fraction of sp³-hybridized carbons (Fsp3) is 0.350. The number of aliphatic imine (C=N–C) groups is 1. The highest BCUT2D eigenvalue weighted by atomic mass is 127. The first-order valence-electron chi connectivity index (χ1n) is 9.20. The van der Waals surface area contributed by atoms with E-state index in [0.717, 1.165) is 37.0 Å². The van der Waals surface area contributed by atoms with E-state index < -0.39 is 0 Å². The van der Waals surface area contributed by atoms with Crippen LogP contribution < -0.4 is 10.6 Å². The van der Waals surface area contributed by atoms with Gasteiger partial charge in [-0.15, -0.1) is 35.3 Å². The molecule has 0 aliphatic rings. The van der Waals surface area contributed by atoms with Crippen LogP contribution in [0.1, 0.15) is 27.9 Å². The van der Waals surface area contributed by atoms with Crippen molar-refractivity contribution in [1.82, 2.24) is 25.2 Å². The van der Waals surface area contributed by atoms with Crippen molar-refractivity contribution in [1.29, 1.82) is 0 Å². The highest BCUT2D eigenvalue weighted by Gasteiger charge is 2.01. The van der Waals surface area contributed by atoms with E-state index in [2.05, 4.69) is 68.3 Å². The Bertz CT molecular complexity index is 842. The summed E-state index contributed by atoms with van der Waals surface area (Å²) in [5, 5.41) is 7.84. The first-order chi connectivity index (χ1) is 13.2. The maximum Gasteiger partial charge on any atom is 0.191 e. The Hall–Kier alpha value is -1.94. The summed E-state index contributed by atoms with van der Waals surface area (Å²) in [5.74, 6) is 0.841. The average Bonchev–Trinajstić information content (AvgIpc) is 3.33. The van der Waals surface area contributed by atoms with Gasteiger partial charge in [0.05, 0.1) is 17.9 Å². The molecule has 150 valence electrons. The molecule has 2 aromatic heterocycles. The van der Waals surface area contributed by atoms with Gasteiger partial charge in [-0.1, -0.05) is 24.3 Å². The molecule has 6 nitrogen and oxygen atoms in total. The summed E-state index contributed by atoms with van der Waals surface area (Å²) in [6, 6.07) is 8.57. The quantitative estimate of drug-likeness (QED) is 0.276. The Labute approximate surface area is 187 Å². The minimum absolute atomic E-state index is 0. The topological polar surface area (TPSA) is 67.1 Å². The zero-order valence-corrected chi connectivity index (χ0v) is 19.4. The number of hydrogen-bond acceptors (Lipinski definition) is 4. The van der Waals surface area contributed by atoms with Gasteiger partial charge in [-0.05, 0) is 25.0 Å². The van der Waals surface area contributed by atoms with E-state index in [9.17, 15) is 0 Å². The lowest BCUT2D eigenvalue weighted by atomic mass is 10.1. The van der Waals surface area contributed by atoms with Crippen molar-refractivity contribution in [2.75, 3.05) is 13.1 Å². The molecule has 28 heavy (non-hydrogen) atoms. The van der Waals surface area contributed by atoms with Gasteiger partial charge in [-0.2, -0.15) is 0 Å². The maximum atomic E-state index is 4.69. The van der Waals surface area contributed by atoms with E-state index in [0.29, 0.717) is 6.54 Å². The third-order valence-electron chi connectivity index (χ3n) is 4.01. The highest BCUT2D eigenvalue weighted by molar-refractivity contribution is 14.0. The first-order valence-corrected chi connectivity index (χ1v) is 10.0. The molecule has 8 heteroatoms. The van der Waals surface area contributed by atoms with Crippen molar-refractivity contribution in [3.8, 4) is 0 Å². The molecule has 0 spiro atoms. The van der Waals surface area contributed by atoms with Gasteiger partial charge in [0, 0.05) is 49.5 Å². The van der Waals surface area contributed by atoms with Crippen molar-refractivity contribution in [2.24, 2.45) is 4.99 Å². The molecule has 1 aromatic carbocycles. The van der Waals surface area contributed by atoms with E-state index in [-0.39, 0.29) is 24.0 Å². The van der Waals surface area contributed by atoms with E-state index in [1.54, 1.807) is 17.5 Å². The number of aromatic nitrogens is 3. The molecule has 0 aliphatic carbocycles. The molecule has 3 rings (SSSR count). The Morgan fingerprint density at radius 1 is 1.18 bits per heavy atom. The Morgan fingerprint density at radius 3 is 2.61 bits per heavy atom. The lowest BCUT2D eigenvalue weighted by Gasteiger charge is -2.11. The molecule has 0 atom stereocenters. The van der Waals surface area contributed by atoms with Crippen LogP contribution in [0.15, 0.2) is 54.2 Å². The molecular weight excluding hydrogens is 483 g/mol. The Morgan fingerprint density at radius 2 is 1.96 bits per heavy atom. The number of nitrogens with one attached hydrogen (secondary N) is 2. The summed E-state index contributed by atoms with van der Waals surface area (Å²) in [6.07, 6.45) is 8.44. The van der Waals surface area contributed by atoms with Crippen molar-refractivity contribution >= 4 is 41.3 Å². The van der Waals surface area contributed by atoms with E-state index in [1.165, 1.54) is 16.0 Å². The Kier molecular flexibility index (Phi) is 9.42. The Balaban J connectivity index is 0.00000280. The zero-order chi connectivity index (χ0) is 18.9. The van der Waals surface area contributed by atoms with Crippen LogP contribution in [0.25, 0.3) is 0 Å². The van der Waals surface area contributed by atoms with E-state index in [1.807, 2.05) is 18.7 Å². The number of hydrogen-bond donors (Lipinski definition) is 2. The lowest BCUT2D eigenvalue weighted by molar-refractivity contribution is 0.793. The van der Waals surface area contributed by atoms with Crippen LogP contribution in [0.3, 0.4) is 0 Å². The minimum atomic E-state index is 0. The summed E-state index contributed by atoms with van der Waals surface area (Å²) >= 11 is 1.75. The fourth-order valence-corrected chi connectivity index (χ4v) is 3.44. The third-order valence-corrected chi connectivity index (χ3v) is 4.98. The lowest BCUT2D eigenvalue weighted by Crippen LogP contribution is -2.38. The normalized spacial score (nSPS) is 11.1. The van der Waals surface area contributed by atoms with Crippen LogP contribution in [0.2, 0.25) is 0 Å². The van der Waals surface area contributed by atoms with Gasteiger partial charge in [-0.25, -0.2) is 15.0 Å². The van der Waals surface area contributed by atoms with Crippen LogP contribution in [0.4, 0.5) is 0 Å². The predicted molar refractivity (Wildman–Crippen MR) is 127 cm³/mol. The number of guanidine groups is 1. The van der Waals surface area contributed by atoms with Crippen LogP contribution in [-0.2, 0) is 19.5 Å². The minimum Gasteiger partial charge on any atom is -0.357 e. The molecule has 2 N–H and O–H groups in total. The monoisotopic (exact) mass is 510 g/mol. The van der Waals surface area contributed by atoms with Gasteiger partial charge in [0.15, 0.2) is 5.96 Å². The molecule has 0 saturated carbocycles. The smallest absolute Gasteiger partial charge is 0.191 e. The number of thiazole rings is 1. The standard InChI is InChI=1S/C20H26N6S.HI/c1-3-22-20(23-9-8-19-24-12-16(2)27-19)25-13-17-4-6-18(7-5-17)14-26-11-10-21-15-26;/h4-7,10-12,15H,3,8-9,13-14H2,1-2H3,(H2,22,23,25);1H. The number of halogens is 1. The predicted octanol–water partition coefficient (Wildman–Crippen LogP) is 3.61. The second-order valence-corrected chi connectivity index (χ2v) is 7.61. The van der Waals surface area contributed by atoms with Gasteiger partial charge in [0.2, 0.25) is 0 Å². The van der Waals surface area contributed by atoms with Gasteiger partial charge in [-0.3, -0.25) is 0 Å². The fourth-order valence-electron chi connectivity index (χ4n) is 2.66. The van der Waals surface area contributed by atoms with Crippen molar-refractivity contribution in [2.45, 2.75) is 33.4 Å². The third kappa shape index (κ3) is 7.23. The summed E-state index contributed by atoms with van der Waals surface area (Å²) < 4.78 is 2.06. The molecular formula is C20H27IN6S. The number of imidazole rings is 1. The molecule has 3 aromatic rings. The van der Waals surface area contributed by atoms with E-state index >= 15 is 0 Å². The second kappa shape index (κ2) is 11.8.